The molecule has 5 nitrogen and oxygen atoms in total. The van der Waals surface area contributed by atoms with E-state index in [0.29, 0.717) is 17.4 Å². The Morgan fingerprint density at radius 3 is 2.14 bits per heavy atom. The summed E-state index contributed by atoms with van der Waals surface area (Å²) in [7, 11) is 1.44. The summed E-state index contributed by atoms with van der Waals surface area (Å²) in [6.45, 7) is 17.3. The number of ether oxygens (including phenoxy) is 1. The average molecular weight is 576 g/mol. The molecular weight excluding hydrogens is 518 g/mol. The number of carbonyl (C=O) groups is 1. The van der Waals surface area contributed by atoms with Crippen LogP contribution in [0.25, 0.3) is 5.57 Å². The molecular formula is C37H57N3O2. The van der Waals surface area contributed by atoms with E-state index in [0.717, 1.165) is 44.9 Å². The van der Waals surface area contributed by atoms with Crippen LogP contribution >= 0.6 is 0 Å². The summed E-state index contributed by atoms with van der Waals surface area (Å²) in [5.74, 6) is 1.14. The first-order valence-electron chi connectivity index (χ1n) is 16.7. The van der Waals surface area contributed by atoms with E-state index in [9.17, 15) is 4.79 Å². The highest BCUT2D eigenvalue weighted by atomic mass is 16.5. The van der Waals surface area contributed by atoms with Crippen molar-refractivity contribution in [2.24, 2.45) is 62.0 Å². The van der Waals surface area contributed by atoms with E-state index in [1.807, 2.05) is 12.1 Å². The zero-order valence-corrected chi connectivity index (χ0v) is 27.6. The second-order valence-corrected chi connectivity index (χ2v) is 17.0. The molecule has 5 heteroatoms. The van der Waals surface area contributed by atoms with Crippen molar-refractivity contribution in [3.63, 3.8) is 0 Å². The number of methoxy groups -OCH3 is 1. The number of esters is 1. The smallest absolute Gasteiger partial charge is 0.337 e. The molecule has 0 spiro atoms. The number of nitrogens with two attached hydrogens (primary N) is 3. The molecule has 42 heavy (non-hydrogen) atoms. The van der Waals surface area contributed by atoms with Gasteiger partial charge in [-0.3, -0.25) is 0 Å². The van der Waals surface area contributed by atoms with Crippen molar-refractivity contribution in [3.8, 4) is 0 Å². The van der Waals surface area contributed by atoms with E-state index in [4.69, 9.17) is 21.9 Å². The van der Waals surface area contributed by atoms with Crippen LogP contribution in [0, 0.1) is 44.8 Å². The Balaban J connectivity index is 1.39. The minimum Gasteiger partial charge on any atom is -0.465 e. The summed E-state index contributed by atoms with van der Waals surface area (Å²) < 4.78 is 4.93. The van der Waals surface area contributed by atoms with Gasteiger partial charge in [-0.25, -0.2) is 4.79 Å². The van der Waals surface area contributed by atoms with Gasteiger partial charge in [0.2, 0.25) is 0 Å². The molecule has 0 saturated heterocycles. The highest BCUT2D eigenvalue weighted by molar-refractivity contribution is 5.89. The molecule has 0 aliphatic heterocycles. The third-order valence-corrected chi connectivity index (χ3v) is 15.5. The predicted octanol–water partition coefficient (Wildman–Crippen LogP) is 7.08. The number of carbonyl (C=O) groups excluding carboxylic acids is 1. The van der Waals surface area contributed by atoms with Crippen molar-refractivity contribution < 1.29 is 9.53 Å². The summed E-state index contributed by atoms with van der Waals surface area (Å²) in [6, 6.07) is 8.09. The van der Waals surface area contributed by atoms with Gasteiger partial charge in [-0.2, -0.15) is 0 Å². The van der Waals surface area contributed by atoms with Gasteiger partial charge >= 0.3 is 5.97 Å². The Labute approximate surface area is 254 Å². The molecule has 0 amide bonds. The highest BCUT2D eigenvalue weighted by Crippen LogP contribution is 2.78. The Bertz CT molecular complexity index is 1300. The summed E-state index contributed by atoms with van der Waals surface area (Å²) in [5.41, 5.74) is 25.1. The van der Waals surface area contributed by atoms with E-state index in [-0.39, 0.29) is 45.0 Å². The molecule has 4 saturated carbocycles. The molecule has 1 aromatic carbocycles. The first-order chi connectivity index (χ1) is 19.5. The van der Waals surface area contributed by atoms with E-state index >= 15 is 0 Å². The lowest BCUT2D eigenvalue weighted by atomic mass is 9.29. The first kappa shape index (κ1) is 30.3. The van der Waals surface area contributed by atoms with Gasteiger partial charge in [0.05, 0.1) is 12.7 Å². The lowest BCUT2D eigenvalue weighted by molar-refractivity contribution is -0.240. The number of rotatable bonds is 3. The van der Waals surface area contributed by atoms with Crippen molar-refractivity contribution in [1.82, 2.24) is 0 Å². The number of fused-ring (bicyclic) bond motifs is 7. The summed E-state index contributed by atoms with van der Waals surface area (Å²) in [6.07, 6.45) is 12.7. The topological polar surface area (TPSA) is 104 Å². The third kappa shape index (κ3) is 3.40. The van der Waals surface area contributed by atoms with Crippen molar-refractivity contribution in [2.45, 2.75) is 123 Å². The molecule has 4 fully saturated rings. The molecule has 5 aliphatic rings. The van der Waals surface area contributed by atoms with Crippen molar-refractivity contribution in [3.05, 3.63) is 41.5 Å². The lowest BCUT2D eigenvalue weighted by Crippen LogP contribution is -2.86. The zero-order chi connectivity index (χ0) is 30.7. The summed E-state index contributed by atoms with van der Waals surface area (Å²) in [4.78, 5) is 12.1. The normalized spacial score (nSPS) is 48.2. The van der Waals surface area contributed by atoms with Gasteiger partial charge in [-0.1, -0.05) is 59.8 Å². The SMILES string of the molecule is COC(=O)c1ccc(C2=CC[C@]3(C)[C@H]4CC[C@@]5(N)[C@@](C)(CCC6(C)CC[C@@H](C(C)N)[C@@]65N)[C@]4(C)CC[C@H]3C2(C)C)cc1. The Morgan fingerprint density at radius 1 is 0.881 bits per heavy atom. The maximum atomic E-state index is 12.1. The van der Waals surface area contributed by atoms with Crippen molar-refractivity contribution >= 4 is 11.5 Å². The molecule has 232 valence electrons. The first-order valence-corrected chi connectivity index (χ1v) is 16.7. The van der Waals surface area contributed by atoms with Crippen LogP contribution in [-0.2, 0) is 4.74 Å². The van der Waals surface area contributed by atoms with Crippen LogP contribution in [-0.4, -0.2) is 30.2 Å². The lowest BCUT2D eigenvalue weighted by Gasteiger charge is -2.77. The van der Waals surface area contributed by atoms with Gasteiger partial charge < -0.3 is 21.9 Å². The number of benzene rings is 1. The van der Waals surface area contributed by atoms with E-state index in [2.05, 4.69) is 66.7 Å². The molecule has 0 bridgehead atoms. The van der Waals surface area contributed by atoms with Gasteiger partial charge in [0.1, 0.15) is 0 Å². The maximum Gasteiger partial charge on any atom is 0.337 e. The van der Waals surface area contributed by atoms with Crippen molar-refractivity contribution in [1.29, 1.82) is 0 Å². The number of hydrogen-bond donors (Lipinski definition) is 3. The fourth-order valence-electron chi connectivity index (χ4n) is 13.0. The second-order valence-electron chi connectivity index (χ2n) is 17.0. The van der Waals surface area contributed by atoms with E-state index < -0.39 is 11.1 Å². The molecule has 5 aliphatic carbocycles. The summed E-state index contributed by atoms with van der Waals surface area (Å²) >= 11 is 0. The van der Waals surface area contributed by atoms with Crippen LogP contribution in [0.2, 0.25) is 0 Å². The van der Waals surface area contributed by atoms with Crippen LogP contribution in [0.5, 0.6) is 0 Å². The number of allylic oxidation sites excluding steroid dienone is 2. The van der Waals surface area contributed by atoms with Gasteiger partial charge in [-0.05, 0) is 133 Å². The fraction of sp³-hybridized carbons (Fsp3) is 0.757. The van der Waals surface area contributed by atoms with Gasteiger partial charge in [0.25, 0.3) is 0 Å². The van der Waals surface area contributed by atoms with Crippen LogP contribution < -0.4 is 17.2 Å². The molecule has 0 heterocycles. The average Bonchev–Trinajstić information content (AvgIpc) is 3.22. The summed E-state index contributed by atoms with van der Waals surface area (Å²) in [5, 5.41) is 0. The molecule has 0 radical (unpaired) electrons. The van der Waals surface area contributed by atoms with Crippen LogP contribution in [0.4, 0.5) is 0 Å². The van der Waals surface area contributed by atoms with Gasteiger partial charge in [-0.15, -0.1) is 0 Å². The van der Waals surface area contributed by atoms with Gasteiger partial charge in [0, 0.05) is 17.1 Å². The molecule has 6 rings (SSSR count). The Morgan fingerprint density at radius 2 is 1.52 bits per heavy atom. The molecule has 2 unspecified atom stereocenters. The monoisotopic (exact) mass is 575 g/mol. The van der Waals surface area contributed by atoms with Crippen LogP contribution in [0.1, 0.15) is 122 Å². The maximum absolute atomic E-state index is 12.1. The minimum absolute atomic E-state index is 0.0189. The second kappa shape index (κ2) is 9.17. The van der Waals surface area contributed by atoms with E-state index in [1.54, 1.807) is 0 Å². The van der Waals surface area contributed by atoms with Crippen molar-refractivity contribution in [2.75, 3.05) is 7.11 Å². The Kier molecular flexibility index (Phi) is 6.63. The molecule has 10 atom stereocenters. The largest absolute Gasteiger partial charge is 0.465 e. The highest BCUT2D eigenvalue weighted by Gasteiger charge is 2.78. The van der Waals surface area contributed by atoms with Crippen LogP contribution in [0.15, 0.2) is 30.3 Å². The molecule has 1 aromatic rings. The zero-order valence-electron chi connectivity index (χ0n) is 27.6. The van der Waals surface area contributed by atoms with E-state index in [1.165, 1.54) is 31.1 Å². The van der Waals surface area contributed by atoms with Gasteiger partial charge in [0.15, 0.2) is 0 Å². The number of hydrogen-bond acceptors (Lipinski definition) is 5. The van der Waals surface area contributed by atoms with Crippen LogP contribution in [0.3, 0.4) is 0 Å². The standard InChI is InChI=1S/C37H57N3O2/c1-23(38)26-13-17-32(4)21-22-35(7)34(6)19-15-28-31(2,3)27(24-9-11-25(12-10-24)30(41)42-8)14-18-33(28,5)29(34)16-20-36(35,39)37(26,32)40/h9-12,14,23,26,28-29H,13,15-22,38-40H2,1-8H3/t23?,26-,28-,29+,32?,33-,34+,35-,36+,37+/m0/s1. The molecule has 6 N–H and O–H groups in total. The minimum atomic E-state index is -0.442. The molecule has 0 aromatic heterocycles. The predicted molar refractivity (Wildman–Crippen MR) is 171 cm³/mol. The Hall–Kier alpha value is -1.69. The quantitative estimate of drug-likeness (QED) is 0.334. The fourth-order valence-corrected chi connectivity index (χ4v) is 13.0. The third-order valence-electron chi connectivity index (χ3n) is 15.5.